The molecule has 2 rings (SSSR count). The number of hydrogen-bond acceptors (Lipinski definition) is 6. The summed E-state index contributed by atoms with van der Waals surface area (Å²) in [5.41, 5.74) is 6.34. The molecule has 6 nitrogen and oxygen atoms in total. The van der Waals surface area contributed by atoms with Gasteiger partial charge in [0.1, 0.15) is 5.92 Å². The molecule has 0 radical (unpaired) electrons. The number of carbonyl (C=O) groups is 1. The van der Waals surface area contributed by atoms with E-state index in [9.17, 15) is 4.79 Å². The summed E-state index contributed by atoms with van der Waals surface area (Å²) in [4.78, 5) is 12.1. The highest BCUT2D eigenvalue weighted by atomic mass is 16.5. The van der Waals surface area contributed by atoms with Crippen molar-refractivity contribution in [2.75, 3.05) is 13.7 Å². The van der Waals surface area contributed by atoms with Gasteiger partial charge in [-0.15, -0.1) is 0 Å². The number of esters is 1. The lowest BCUT2D eigenvalue weighted by Crippen LogP contribution is -2.54. The Morgan fingerprint density at radius 1 is 1.29 bits per heavy atom. The molecule has 0 spiro atoms. The average molecular weight is 299 g/mol. The first kappa shape index (κ1) is 16.7. The molecular weight excluding hydrogens is 270 g/mol. The zero-order valence-electron chi connectivity index (χ0n) is 13.5. The fraction of sp³-hybridized carbons (Fsp3) is 0.933. The van der Waals surface area contributed by atoms with Gasteiger partial charge in [-0.1, -0.05) is 6.92 Å². The van der Waals surface area contributed by atoms with Crippen LogP contribution in [0.25, 0.3) is 0 Å². The minimum absolute atomic E-state index is 0.0622. The Morgan fingerprint density at radius 2 is 2.05 bits per heavy atom. The van der Waals surface area contributed by atoms with Gasteiger partial charge < -0.3 is 9.47 Å². The number of nitrogens with one attached hydrogen (secondary N) is 3. The lowest BCUT2D eigenvalue weighted by Gasteiger charge is -2.36. The molecule has 1 heterocycles. The Labute approximate surface area is 127 Å². The van der Waals surface area contributed by atoms with Crippen LogP contribution in [-0.4, -0.2) is 44.0 Å². The largest absolute Gasteiger partial charge is 0.466 e. The summed E-state index contributed by atoms with van der Waals surface area (Å²) in [7, 11) is 1.78. The molecule has 1 aliphatic carbocycles. The highest BCUT2D eigenvalue weighted by Crippen LogP contribution is 2.27. The molecule has 2 fully saturated rings. The van der Waals surface area contributed by atoms with Gasteiger partial charge in [-0.05, 0) is 39.0 Å². The first-order valence-corrected chi connectivity index (χ1v) is 8.03. The molecule has 0 aromatic rings. The number of hydrazine groups is 1. The molecule has 1 saturated carbocycles. The molecular formula is C15H29N3O3. The quantitative estimate of drug-likeness (QED) is 0.652. The van der Waals surface area contributed by atoms with Crippen molar-refractivity contribution in [3.63, 3.8) is 0 Å². The third kappa shape index (κ3) is 3.94. The highest BCUT2D eigenvalue weighted by molar-refractivity contribution is 5.74. The summed E-state index contributed by atoms with van der Waals surface area (Å²) >= 11 is 0. The van der Waals surface area contributed by atoms with Crippen molar-refractivity contribution in [1.29, 1.82) is 0 Å². The monoisotopic (exact) mass is 299 g/mol. The summed E-state index contributed by atoms with van der Waals surface area (Å²) in [6.07, 6.45) is 3.49. The topological polar surface area (TPSA) is 71.6 Å². The second-order valence-corrected chi connectivity index (χ2v) is 6.25. The second kappa shape index (κ2) is 7.54. The van der Waals surface area contributed by atoms with Crippen LogP contribution in [0.4, 0.5) is 0 Å². The van der Waals surface area contributed by atoms with Crippen LogP contribution in [0.2, 0.25) is 0 Å². The molecule has 0 aromatic heterocycles. The van der Waals surface area contributed by atoms with Gasteiger partial charge in [0.15, 0.2) is 0 Å². The van der Waals surface area contributed by atoms with Crippen LogP contribution in [0.3, 0.4) is 0 Å². The smallest absolute Gasteiger partial charge is 0.313 e. The Kier molecular flexibility index (Phi) is 5.98. The zero-order valence-corrected chi connectivity index (χ0v) is 13.5. The van der Waals surface area contributed by atoms with E-state index < -0.39 is 0 Å². The lowest BCUT2D eigenvalue weighted by molar-refractivity contribution is -0.149. The van der Waals surface area contributed by atoms with E-state index in [1.807, 2.05) is 13.8 Å². The predicted octanol–water partition coefficient (Wildman–Crippen LogP) is 0.781. The lowest BCUT2D eigenvalue weighted by atomic mass is 9.83. The van der Waals surface area contributed by atoms with Crippen molar-refractivity contribution in [1.82, 2.24) is 16.2 Å². The summed E-state index contributed by atoms with van der Waals surface area (Å²) < 4.78 is 10.7. The number of methoxy groups -OCH3 is 1. The molecule has 2 aliphatic rings. The van der Waals surface area contributed by atoms with E-state index in [4.69, 9.17) is 9.47 Å². The molecule has 0 bridgehead atoms. The summed E-state index contributed by atoms with van der Waals surface area (Å²) in [5.74, 6) is 0.194. The van der Waals surface area contributed by atoms with Crippen molar-refractivity contribution in [3.05, 3.63) is 0 Å². The maximum atomic E-state index is 12.1. The van der Waals surface area contributed by atoms with Gasteiger partial charge in [0.05, 0.1) is 18.9 Å². The molecule has 122 valence electrons. The van der Waals surface area contributed by atoms with Gasteiger partial charge in [-0.3, -0.25) is 15.5 Å². The van der Waals surface area contributed by atoms with Gasteiger partial charge in [-0.25, -0.2) is 5.43 Å². The fourth-order valence-corrected chi connectivity index (χ4v) is 3.45. The van der Waals surface area contributed by atoms with E-state index in [1.165, 1.54) is 0 Å². The van der Waals surface area contributed by atoms with E-state index >= 15 is 0 Å². The maximum absolute atomic E-state index is 12.1. The molecule has 1 saturated heterocycles. The number of rotatable bonds is 5. The highest BCUT2D eigenvalue weighted by Gasteiger charge is 2.41. The molecule has 6 unspecified atom stereocenters. The molecule has 3 N–H and O–H groups in total. The van der Waals surface area contributed by atoms with E-state index in [2.05, 4.69) is 23.1 Å². The Balaban J connectivity index is 1.93. The number of hydrogen-bond donors (Lipinski definition) is 3. The number of carbonyl (C=O) groups excluding carboxylic acids is 1. The van der Waals surface area contributed by atoms with Gasteiger partial charge in [0.25, 0.3) is 0 Å². The molecule has 21 heavy (non-hydrogen) atoms. The minimum Gasteiger partial charge on any atom is -0.466 e. The SMILES string of the molecule is CCOC(=O)C1C(C)NNC1NC1CCC(OC)CC1C. The van der Waals surface area contributed by atoms with Crippen molar-refractivity contribution >= 4 is 5.97 Å². The van der Waals surface area contributed by atoms with Crippen LogP contribution in [0.15, 0.2) is 0 Å². The average Bonchev–Trinajstić information content (AvgIpc) is 2.82. The third-order valence-corrected chi connectivity index (χ3v) is 4.77. The zero-order chi connectivity index (χ0) is 15.4. The van der Waals surface area contributed by atoms with E-state index in [0.29, 0.717) is 24.7 Å². The fourth-order valence-electron chi connectivity index (χ4n) is 3.45. The van der Waals surface area contributed by atoms with Gasteiger partial charge in [-0.2, -0.15) is 0 Å². The first-order valence-electron chi connectivity index (χ1n) is 8.03. The second-order valence-electron chi connectivity index (χ2n) is 6.25. The molecule has 6 atom stereocenters. The van der Waals surface area contributed by atoms with Crippen molar-refractivity contribution in [3.8, 4) is 0 Å². The third-order valence-electron chi connectivity index (χ3n) is 4.77. The van der Waals surface area contributed by atoms with Crippen molar-refractivity contribution in [2.45, 2.75) is 64.4 Å². The minimum atomic E-state index is -0.197. The van der Waals surface area contributed by atoms with E-state index in [-0.39, 0.29) is 24.1 Å². The van der Waals surface area contributed by atoms with Crippen LogP contribution in [-0.2, 0) is 14.3 Å². The Bertz CT molecular complexity index is 353. The van der Waals surface area contributed by atoms with Crippen LogP contribution >= 0.6 is 0 Å². The number of ether oxygens (including phenoxy) is 2. The van der Waals surface area contributed by atoms with Crippen LogP contribution < -0.4 is 16.2 Å². The molecule has 0 aromatic carbocycles. The van der Waals surface area contributed by atoms with Crippen molar-refractivity contribution in [2.24, 2.45) is 11.8 Å². The van der Waals surface area contributed by atoms with Gasteiger partial charge >= 0.3 is 5.97 Å². The van der Waals surface area contributed by atoms with Crippen molar-refractivity contribution < 1.29 is 14.3 Å². The van der Waals surface area contributed by atoms with Gasteiger partial charge in [0, 0.05) is 19.2 Å². The Hall–Kier alpha value is -0.690. The van der Waals surface area contributed by atoms with Crippen LogP contribution in [0.5, 0.6) is 0 Å². The standard InChI is InChI=1S/C15H29N3O3/c1-5-21-15(19)13-10(3)17-18-14(13)16-12-7-6-11(20-4)8-9(12)2/h9-14,16-18H,5-8H2,1-4H3. The van der Waals surface area contributed by atoms with E-state index in [1.54, 1.807) is 7.11 Å². The summed E-state index contributed by atoms with van der Waals surface area (Å²) in [6, 6.07) is 0.463. The van der Waals surface area contributed by atoms with Crippen LogP contribution in [0, 0.1) is 11.8 Å². The molecule has 0 amide bonds. The Morgan fingerprint density at radius 3 is 2.67 bits per heavy atom. The normalized spacial score (nSPS) is 40.2. The van der Waals surface area contributed by atoms with Gasteiger partial charge in [0.2, 0.25) is 0 Å². The summed E-state index contributed by atoms with van der Waals surface area (Å²) in [6.45, 7) is 6.51. The molecule has 6 heteroatoms. The predicted molar refractivity (Wildman–Crippen MR) is 80.4 cm³/mol. The molecule has 1 aliphatic heterocycles. The summed E-state index contributed by atoms with van der Waals surface area (Å²) in [5, 5.41) is 3.60. The first-order chi connectivity index (χ1) is 10.1. The van der Waals surface area contributed by atoms with E-state index in [0.717, 1.165) is 19.3 Å². The maximum Gasteiger partial charge on any atom is 0.313 e. The van der Waals surface area contributed by atoms with Crippen LogP contribution in [0.1, 0.15) is 40.0 Å².